The van der Waals surface area contributed by atoms with Crippen LogP contribution in [-0.4, -0.2) is 11.1 Å². The number of para-hydroxylation sites is 2. The van der Waals surface area contributed by atoms with Crippen molar-refractivity contribution in [1.29, 1.82) is 0 Å². The van der Waals surface area contributed by atoms with Gasteiger partial charge >= 0.3 is 0 Å². The van der Waals surface area contributed by atoms with E-state index in [0.29, 0.717) is 11.3 Å². The molecule has 0 aliphatic rings. The molecule has 0 aliphatic heterocycles. The lowest BCUT2D eigenvalue weighted by Gasteiger charge is -2.06. The maximum Gasteiger partial charge on any atom is 0.277 e. The molecule has 0 atom stereocenters. The van der Waals surface area contributed by atoms with Gasteiger partial charge in [0.2, 0.25) is 0 Å². The smallest absolute Gasteiger partial charge is 0.258 e. The Morgan fingerprint density at radius 3 is 2.13 bits per heavy atom. The summed E-state index contributed by atoms with van der Waals surface area (Å²) in [6.45, 7) is 0. The Morgan fingerprint density at radius 2 is 1.39 bits per heavy atom. The Morgan fingerprint density at radius 1 is 0.783 bits per heavy atom. The largest absolute Gasteiger partial charge is 0.277 e. The molecule has 23 heavy (non-hydrogen) atoms. The number of rotatable bonds is 4. The highest BCUT2D eigenvalue weighted by Gasteiger charge is 2.16. The van der Waals surface area contributed by atoms with E-state index in [1.807, 2.05) is 54.6 Å². The van der Waals surface area contributed by atoms with Gasteiger partial charge in [0.05, 0.1) is 16.2 Å². The Balaban J connectivity index is 2.06. The van der Waals surface area contributed by atoms with E-state index in [2.05, 4.69) is 4.99 Å². The maximum atomic E-state index is 11.3. The summed E-state index contributed by atoms with van der Waals surface area (Å²) in [4.78, 5) is 15.4. The van der Waals surface area contributed by atoms with Crippen LogP contribution >= 0.6 is 0 Å². The van der Waals surface area contributed by atoms with Crippen molar-refractivity contribution in [2.24, 2.45) is 4.99 Å². The average Bonchev–Trinajstić information content (AvgIpc) is 2.61. The molecule has 0 spiro atoms. The normalized spacial score (nSPS) is 10.8. The lowest BCUT2D eigenvalue weighted by molar-refractivity contribution is -0.384. The van der Waals surface area contributed by atoms with Crippen LogP contribution in [0, 0.1) is 10.1 Å². The molecular formula is C19H14N2O2. The van der Waals surface area contributed by atoms with E-state index in [-0.39, 0.29) is 10.6 Å². The molecule has 0 bridgehead atoms. The van der Waals surface area contributed by atoms with E-state index < -0.39 is 0 Å². The Labute approximate surface area is 133 Å². The molecule has 0 aliphatic carbocycles. The molecule has 0 saturated carbocycles. The minimum atomic E-state index is -0.368. The van der Waals surface area contributed by atoms with Crippen LogP contribution in [0.15, 0.2) is 83.9 Å². The minimum Gasteiger partial charge on any atom is -0.258 e. The van der Waals surface area contributed by atoms with Crippen molar-refractivity contribution >= 4 is 17.6 Å². The number of hydrogen-bond donors (Lipinski definition) is 0. The first-order valence-corrected chi connectivity index (χ1v) is 7.17. The predicted molar refractivity (Wildman–Crippen MR) is 92.2 cm³/mol. The molecule has 0 amide bonds. The van der Waals surface area contributed by atoms with Crippen LogP contribution in [-0.2, 0) is 0 Å². The average molecular weight is 302 g/mol. The van der Waals surface area contributed by atoms with Gasteiger partial charge in [-0.25, -0.2) is 0 Å². The summed E-state index contributed by atoms with van der Waals surface area (Å²) in [6, 6.07) is 23.9. The highest BCUT2D eigenvalue weighted by atomic mass is 16.6. The van der Waals surface area contributed by atoms with Crippen molar-refractivity contribution in [3.05, 3.63) is 94.5 Å². The Kier molecular flexibility index (Phi) is 4.25. The van der Waals surface area contributed by atoms with Crippen molar-refractivity contribution in [3.63, 3.8) is 0 Å². The highest BCUT2D eigenvalue weighted by molar-refractivity contribution is 5.87. The molecule has 0 fully saturated rings. The van der Waals surface area contributed by atoms with E-state index in [4.69, 9.17) is 0 Å². The first kappa shape index (κ1) is 14.7. The van der Waals surface area contributed by atoms with Crippen LogP contribution in [0.5, 0.6) is 0 Å². The number of nitro benzene ring substituents is 1. The van der Waals surface area contributed by atoms with E-state index in [1.54, 1.807) is 24.4 Å². The molecular weight excluding hydrogens is 288 g/mol. The number of hydrogen-bond acceptors (Lipinski definition) is 3. The molecule has 0 saturated heterocycles. The fourth-order valence-corrected chi connectivity index (χ4v) is 2.36. The molecule has 3 aromatic rings. The number of nitro groups is 1. The summed E-state index contributed by atoms with van der Waals surface area (Å²) >= 11 is 0. The van der Waals surface area contributed by atoms with Crippen molar-refractivity contribution < 1.29 is 4.92 Å². The highest BCUT2D eigenvalue weighted by Crippen LogP contribution is 2.35. The van der Waals surface area contributed by atoms with Gasteiger partial charge in [0, 0.05) is 17.8 Å². The molecule has 3 aromatic carbocycles. The lowest BCUT2D eigenvalue weighted by Crippen LogP contribution is -1.91. The van der Waals surface area contributed by atoms with Crippen LogP contribution in [0.3, 0.4) is 0 Å². The van der Waals surface area contributed by atoms with Crippen molar-refractivity contribution in [2.45, 2.75) is 0 Å². The van der Waals surface area contributed by atoms with Crippen molar-refractivity contribution in [3.8, 4) is 11.1 Å². The monoisotopic (exact) mass is 302 g/mol. The summed E-state index contributed by atoms with van der Waals surface area (Å²) in [5.41, 5.74) is 3.07. The molecule has 112 valence electrons. The summed E-state index contributed by atoms with van der Waals surface area (Å²) < 4.78 is 0. The molecule has 0 aromatic heterocycles. The Hall–Kier alpha value is -3.27. The molecule has 0 unspecified atom stereocenters. The van der Waals surface area contributed by atoms with Gasteiger partial charge in [0.25, 0.3) is 5.69 Å². The van der Waals surface area contributed by atoms with Crippen LogP contribution in [0.1, 0.15) is 5.56 Å². The summed E-state index contributed by atoms with van der Waals surface area (Å²) in [5, 5.41) is 11.3. The van der Waals surface area contributed by atoms with Gasteiger partial charge in [-0.2, -0.15) is 0 Å². The van der Waals surface area contributed by atoms with Gasteiger partial charge in [-0.15, -0.1) is 0 Å². The van der Waals surface area contributed by atoms with E-state index in [1.165, 1.54) is 6.07 Å². The molecule has 3 rings (SSSR count). The summed E-state index contributed by atoms with van der Waals surface area (Å²) in [6.07, 6.45) is 1.76. The van der Waals surface area contributed by atoms with E-state index >= 15 is 0 Å². The van der Waals surface area contributed by atoms with Gasteiger partial charge in [-0.3, -0.25) is 15.1 Å². The van der Waals surface area contributed by atoms with E-state index in [9.17, 15) is 10.1 Å². The number of nitrogens with zero attached hydrogens (tertiary/aromatic N) is 2. The topological polar surface area (TPSA) is 55.5 Å². The lowest BCUT2D eigenvalue weighted by atomic mass is 10.0. The fourth-order valence-electron chi connectivity index (χ4n) is 2.36. The van der Waals surface area contributed by atoms with Gasteiger partial charge in [-0.05, 0) is 17.7 Å². The number of benzene rings is 3. The SMILES string of the molecule is O=[N+]([O-])c1ccccc1-c1ccccc1N=Cc1ccccc1. The second-order valence-corrected chi connectivity index (χ2v) is 4.96. The predicted octanol–water partition coefficient (Wildman–Crippen LogP) is 5.01. The molecule has 0 N–H and O–H groups in total. The molecule has 4 heteroatoms. The second-order valence-electron chi connectivity index (χ2n) is 4.96. The third kappa shape index (κ3) is 3.32. The van der Waals surface area contributed by atoms with Crippen LogP contribution in [0.25, 0.3) is 11.1 Å². The molecule has 0 radical (unpaired) electrons. The quantitative estimate of drug-likeness (QED) is 0.386. The van der Waals surface area contributed by atoms with Gasteiger partial charge in [0.1, 0.15) is 0 Å². The first-order valence-electron chi connectivity index (χ1n) is 7.17. The van der Waals surface area contributed by atoms with Gasteiger partial charge < -0.3 is 0 Å². The second kappa shape index (κ2) is 6.66. The van der Waals surface area contributed by atoms with Crippen molar-refractivity contribution in [1.82, 2.24) is 0 Å². The Bertz CT molecular complexity index is 858. The summed E-state index contributed by atoms with van der Waals surface area (Å²) in [5.74, 6) is 0. The third-order valence-corrected chi connectivity index (χ3v) is 3.45. The zero-order chi connectivity index (χ0) is 16.1. The minimum absolute atomic E-state index is 0.0786. The standard InChI is InChI=1S/C19H14N2O2/c22-21(23)19-13-7-5-11-17(19)16-10-4-6-12-18(16)20-14-15-8-2-1-3-9-15/h1-14H. The maximum absolute atomic E-state index is 11.3. The van der Waals surface area contributed by atoms with Gasteiger partial charge in [0.15, 0.2) is 0 Å². The van der Waals surface area contributed by atoms with E-state index in [0.717, 1.165) is 11.1 Å². The number of aliphatic imine (C=N–C) groups is 1. The molecule has 0 heterocycles. The van der Waals surface area contributed by atoms with Crippen molar-refractivity contribution in [2.75, 3.05) is 0 Å². The zero-order valence-corrected chi connectivity index (χ0v) is 12.3. The van der Waals surface area contributed by atoms with Crippen LogP contribution < -0.4 is 0 Å². The third-order valence-electron chi connectivity index (χ3n) is 3.45. The fraction of sp³-hybridized carbons (Fsp3) is 0. The first-order chi connectivity index (χ1) is 11.3. The summed E-state index contributed by atoms with van der Waals surface area (Å²) in [7, 11) is 0. The zero-order valence-electron chi connectivity index (χ0n) is 12.3. The van der Waals surface area contributed by atoms with Gasteiger partial charge in [-0.1, -0.05) is 60.7 Å². The van der Waals surface area contributed by atoms with Crippen LogP contribution in [0.4, 0.5) is 11.4 Å². The van der Waals surface area contributed by atoms with Crippen LogP contribution in [0.2, 0.25) is 0 Å². The molecule has 4 nitrogen and oxygen atoms in total.